The molecule has 0 spiro atoms. The first-order valence-electron chi connectivity index (χ1n) is 9.96. The van der Waals surface area contributed by atoms with Crippen LogP contribution in [0.4, 0.5) is 5.00 Å². The number of aromatic nitrogens is 2. The zero-order chi connectivity index (χ0) is 20.4. The third-order valence-electron chi connectivity index (χ3n) is 5.43. The molecule has 154 valence electrons. The second kappa shape index (κ2) is 8.36. The number of thiophene rings is 1. The van der Waals surface area contributed by atoms with E-state index in [1.807, 2.05) is 4.90 Å². The van der Waals surface area contributed by atoms with Gasteiger partial charge in [-0.2, -0.15) is 5.10 Å². The van der Waals surface area contributed by atoms with Crippen LogP contribution in [0.25, 0.3) is 0 Å². The average Bonchev–Trinajstić information content (AvgIpc) is 3.33. The lowest BCUT2D eigenvalue weighted by Crippen LogP contribution is -2.41. The molecule has 2 aromatic heterocycles. The highest BCUT2D eigenvalue weighted by Gasteiger charge is 2.30. The van der Waals surface area contributed by atoms with Gasteiger partial charge in [0, 0.05) is 38.8 Å². The lowest BCUT2D eigenvalue weighted by atomic mass is 9.96. The van der Waals surface area contributed by atoms with E-state index in [1.165, 1.54) is 11.3 Å². The molecule has 0 radical (unpaired) electrons. The Bertz CT molecular complexity index is 909. The van der Waals surface area contributed by atoms with Crippen molar-refractivity contribution >= 4 is 34.1 Å². The maximum Gasteiger partial charge on any atom is 0.263 e. The summed E-state index contributed by atoms with van der Waals surface area (Å²) >= 11 is 1.33. The minimum Gasteiger partial charge on any atom is -0.352 e. The van der Waals surface area contributed by atoms with Crippen molar-refractivity contribution in [1.82, 2.24) is 20.0 Å². The van der Waals surface area contributed by atoms with Crippen molar-refractivity contribution in [2.24, 2.45) is 18.9 Å². The summed E-state index contributed by atoms with van der Waals surface area (Å²) in [6, 6.07) is 3.59. The number of hydrogen-bond donors (Lipinski definition) is 2. The topological polar surface area (TPSA) is 96.3 Å². The van der Waals surface area contributed by atoms with Crippen molar-refractivity contribution < 1.29 is 14.4 Å². The third kappa shape index (κ3) is 4.84. The number of nitrogens with zero attached hydrogens (tertiary/aromatic N) is 3. The zero-order valence-electron chi connectivity index (χ0n) is 16.4. The smallest absolute Gasteiger partial charge is 0.263 e. The van der Waals surface area contributed by atoms with Gasteiger partial charge in [-0.05, 0) is 43.7 Å². The normalized spacial score (nSPS) is 17.2. The molecule has 2 fully saturated rings. The number of piperidine rings is 1. The van der Waals surface area contributed by atoms with Gasteiger partial charge in [-0.15, -0.1) is 11.3 Å². The molecule has 9 heteroatoms. The molecule has 2 N–H and O–H groups in total. The Balaban J connectivity index is 1.22. The van der Waals surface area contributed by atoms with E-state index in [1.54, 1.807) is 36.3 Å². The van der Waals surface area contributed by atoms with E-state index in [0.29, 0.717) is 36.0 Å². The fraction of sp³-hybridized carbons (Fsp3) is 0.500. The van der Waals surface area contributed by atoms with Crippen molar-refractivity contribution in [1.29, 1.82) is 0 Å². The van der Waals surface area contributed by atoms with Crippen LogP contribution in [0.3, 0.4) is 0 Å². The number of carbonyl (C=O) groups excluding carboxylic acids is 3. The van der Waals surface area contributed by atoms with Gasteiger partial charge in [0.15, 0.2) is 0 Å². The van der Waals surface area contributed by atoms with Crippen LogP contribution in [-0.4, -0.2) is 52.0 Å². The van der Waals surface area contributed by atoms with Crippen LogP contribution in [0.15, 0.2) is 24.5 Å². The van der Waals surface area contributed by atoms with Crippen molar-refractivity contribution in [3.63, 3.8) is 0 Å². The van der Waals surface area contributed by atoms with E-state index in [-0.39, 0.29) is 23.6 Å². The number of amides is 3. The van der Waals surface area contributed by atoms with Crippen molar-refractivity contribution in [3.8, 4) is 0 Å². The molecule has 1 saturated heterocycles. The largest absolute Gasteiger partial charge is 0.352 e. The summed E-state index contributed by atoms with van der Waals surface area (Å²) in [4.78, 5) is 39.2. The molecule has 0 atom stereocenters. The van der Waals surface area contributed by atoms with Crippen LogP contribution in [-0.2, 0) is 11.8 Å². The van der Waals surface area contributed by atoms with Crippen molar-refractivity contribution in [2.45, 2.75) is 25.7 Å². The first-order valence-corrected chi connectivity index (χ1v) is 10.8. The lowest BCUT2D eigenvalue weighted by molar-refractivity contribution is -0.117. The van der Waals surface area contributed by atoms with E-state index < -0.39 is 0 Å². The number of anilines is 1. The summed E-state index contributed by atoms with van der Waals surface area (Å²) < 4.78 is 1.60. The molecule has 1 aliphatic heterocycles. The number of nitrogens with one attached hydrogen (secondary N) is 2. The van der Waals surface area contributed by atoms with Crippen molar-refractivity contribution in [2.75, 3.05) is 25.0 Å². The number of hydrogen-bond acceptors (Lipinski definition) is 5. The fourth-order valence-electron chi connectivity index (χ4n) is 3.46. The van der Waals surface area contributed by atoms with Gasteiger partial charge >= 0.3 is 0 Å². The minimum absolute atomic E-state index is 0.0137. The summed E-state index contributed by atoms with van der Waals surface area (Å²) in [5.41, 5.74) is 0.558. The lowest BCUT2D eigenvalue weighted by Gasteiger charge is -2.31. The van der Waals surface area contributed by atoms with Gasteiger partial charge in [0.2, 0.25) is 5.91 Å². The van der Waals surface area contributed by atoms with Gasteiger partial charge in [-0.25, -0.2) is 0 Å². The van der Waals surface area contributed by atoms with Crippen LogP contribution in [0, 0.1) is 11.8 Å². The van der Waals surface area contributed by atoms with E-state index in [9.17, 15) is 14.4 Å². The standard InChI is InChI=1S/C20H25N5O3S/c1-24-12-15(11-22-24)18(26)21-10-13-6-8-25(9-7-13)20(28)16-4-5-17(29-16)23-19(27)14-2-3-14/h4-5,11-14H,2-3,6-10H2,1H3,(H,21,26)(H,23,27). The van der Waals surface area contributed by atoms with Crippen LogP contribution in [0.2, 0.25) is 0 Å². The number of rotatable bonds is 6. The molecular weight excluding hydrogens is 390 g/mol. The Morgan fingerprint density at radius 2 is 1.93 bits per heavy atom. The molecule has 29 heavy (non-hydrogen) atoms. The summed E-state index contributed by atoms with van der Waals surface area (Å²) in [7, 11) is 1.78. The summed E-state index contributed by atoms with van der Waals surface area (Å²) in [6.45, 7) is 1.95. The molecule has 3 heterocycles. The molecule has 2 aromatic rings. The molecule has 0 unspecified atom stereocenters. The van der Waals surface area contributed by atoms with Gasteiger partial charge in [0.1, 0.15) is 0 Å². The van der Waals surface area contributed by atoms with Crippen LogP contribution in [0.1, 0.15) is 45.7 Å². The second-order valence-electron chi connectivity index (χ2n) is 7.78. The Labute approximate surface area is 173 Å². The third-order valence-corrected chi connectivity index (χ3v) is 6.42. The molecule has 0 bridgehead atoms. The van der Waals surface area contributed by atoms with E-state index in [2.05, 4.69) is 15.7 Å². The van der Waals surface area contributed by atoms with Gasteiger partial charge in [-0.1, -0.05) is 0 Å². The van der Waals surface area contributed by atoms with Gasteiger partial charge in [0.25, 0.3) is 11.8 Å². The van der Waals surface area contributed by atoms with Crippen LogP contribution < -0.4 is 10.6 Å². The quantitative estimate of drug-likeness (QED) is 0.755. The highest BCUT2D eigenvalue weighted by atomic mass is 32.1. The van der Waals surface area contributed by atoms with Gasteiger partial charge in [-0.3, -0.25) is 19.1 Å². The zero-order valence-corrected chi connectivity index (χ0v) is 17.2. The average molecular weight is 416 g/mol. The van der Waals surface area contributed by atoms with E-state index >= 15 is 0 Å². The fourth-order valence-corrected chi connectivity index (χ4v) is 4.34. The summed E-state index contributed by atoms with van der Waals surface area (Å²) in [5.74, 6) is 0.459. The van der Waals surface area contributed by atoms with E-state index in [4.69, 9.17) is 0 Å². The second-order valence-corrected chi connectivity index (χ2v) is 8.86. The minimum atomic E-state index is -0.115. The van der Waals surface area contributed by atoms with Crippen LogP contribution >= 0.6 is 11.3 Å². The molecule has 2 aliphatic rings. The summed E-state index contributed by atoms with van der Waals surface area (Å²) in [5, 5.41) is 10.6. The Morgan fingerprint density at radius 1 is 1.17 bits per heavy atom. The van der Waals surface area contributed by atoms with Gasteiger partial charge < -0.3 is 15.5 Å². The first-order chi connectivity index (χ1) is 14.0. The summed E-state index contributed by atoms with van der Waals surface area (Å²) in [6.07, 6.45) is 6.88. The highest BCUT2D eigenvalue weighted by molar-refractivity contribution is 7.18. The molecule has 8 nitrogen and oxygen atoms in total. The monoisotopic (exact) mass is 415 g/mol. The molecule has 4 rings (SSSR count). The predicted octanol–water partition coefficient (Wildman–Crippen LogP) is 2.11. The molecular formula is C20H25N5O3S. The van der Waals surface area contributed by atoms with Gasteiger partial charge in [0.05, 0.1) is 21.6 Å². The van der Waals surface area contributed by atoms with E-state index in [0.717, 1.165) is 30.7 Å². The maximum absolute atomic E-state index is 12.7. The molecule has 0 aromatic carbocycles. The SMILES string of the molecule is Cn1cc(C(=O)NCC2CCN(C(=O)c3ccc(NC(=O)C4CC4)s3)CC2)cn1. The van der Waals surface area contributed by atoms with Crippen LogP contribution in [0.5, 0.6) is 0 Å². The Morgan fingerprint density at radius 3 is 2.59 bits per heavy atom. The number of carbonyl (C=O) groups is 3. The molecule has 1 saturated carbocycles. The first kappa shape index (κ1) is 19.6. The predicted molar refractivity (Wildman–Crippen MR) is 110 cm³/mol. The maximum atomic E-state index is 12.7. The number of aryl methyl sites for hydroxylation is 1. The molecule has 3 amide bonds. The Kier molecular flexibility index (Phi) is 5.66. The Hall–Kier alpha value is -2.68. The molecule has 1 aliphatic carbocycles. The highest BCUT2D eigenvalue weighted by Crippen LogP contribution is 2.32. The number of likely N-dealkylation sites (tertiary alicyclic amines) is 1. The van der Waals surface area contributed by atoms with Crippen molar-refractivity contribution in [3.05, 3.63) is 35.0 Å².